The third-order valence-corrected chi connectivity index (χ3v) is 4.20. The van der Waals surface area contributed by atoms with Gasteiger partial charge < -0.3 is 4.74 Å². The highest BCUT2D eigenvalue weighted by molar-refractivity contribution is 6.31. The second-order valence-electron chi connectivity index (χ2n) is 5.68. The minimum atomic E-state index is -0.420. The number of ether oxygens (including phenoxy) is 1. The number of hydrogen-bond donors (Lipinski definition) is 0. The van der Waals surface area contributed by atoms with Crippen molar-refractivity contribution in [2.45, 2.75) is 13.0 Å². The summed E-state index contributed by atoms with van der Waals surface area (Å²) in [7, 11) is 0. The van der Waals surface area contributed by atoms with Gasteiger partial charge in [-0.2, -0.15) is 0 Å². The monoisotopic (exact) mass is 354 g/mol. The lowest BCUT2D eigenvalue weighted by Crippen LogP contribution is -1.99. The van der Waals surface area contributed by atoms with Crippen molar-refractivity contribution in [3.8, 4) is 5.75 Å². The topological polar surface area (TPSA) is 26.3 Å². The van der Waals surface area contributed by atoms with Gasteiger partial charge in [-0.05, 0) is 47.4 Å². The minimum Gasteiger partial charge on any atom is -0.486 e. The number of halogens is 2. The highest BCUT2D eigenvalue weighted by Crippen LogP contribution is 2.24. The van der Waals surface area contributed by atoms with Crippen molar-refractivity contribution in [3.63, 3.8) is 0 Å². The number of hydrogen-bond acceptors (Lipinski definition) is 2. The summed E-state index contributed by atoms with van der Waals surface area (Å²) in [5.74, 6) is -0.212. The Bertz CT molecular complexity index is 878. The number of carbonyl (C=O) groups excluding carboxylic acids is 1. The first kappa shape index (κ1) is 17.2. The average molecular weight is 355 g/mol. The Hall–Kier alpha value is -2.65. The van der Waals surface area contributed by atoms with E-state index < -0.39 is 5.82 Å². The first-order valence-corrected chi connectivity index (χ1v) is 8.22. The van der Waals surface area contributed by atoms with E-state index in [-0.39, 0.29) is 5.75 Å². The quantitative estimate of drug-likeness (QED) is 0.549. The van der Waals surface area contributed by atoms with Gasteiger partial charge in [0.05, 0.1) is 0 Å². The molecule has 0 radical (unpaired) electrons. The first-order chi connectivity index (χ1) is 12.2. The van der Waals surface area contributed by atoms with Crippen LogP contribution in [0.3, 0.4) is 0 Å². The lowest BCUT2D eigenvalue weighted by atomic mass is 10.0. The Labute approximate surface area is 150 Å². The van der Waals surface area contributed by atoms with Crippen LogP contribution in [0.4, 0.5) is 4.39 Å². The number of rotatable bonds is 6. The van der Waals surface area contributed by atoms with Gasteiger partial charge in [0.25, 0.3) is 0 Å². The summed E-state index contributed by atoms with van der Waals surface area (Å²) < 4.78 is 19.8. The van der Waals surface area contributed by atoms with E-state index in [0.717, 1.165) is 23.0 Å². The molecule has 4 heteroatoms. The molecule has 0 fully saturated rings. The van der Waals surface area contributed by atoms with Gasteiger partial charge in [-0.1, -0.05) is 54.1 Å². The number of carbonyl (C=O) groups is 1. The molecule has 0 aliphatic heterocycles. The van der Waals surface area contributed by atoms with E-state index in [9.17, 15) is 9.18 Å². The van der Waals surface area contributed by atoms with Gasteiger partial charge in [-0.25, -0.2) is 4.39 Å². The standard InChI is InChI=1S/C21H16ClFO2/c22-19-8-6-17(13-24)11-18(19)10-16-7-9-21(20(23)12-16)25-14-15-4-2-1-3-5-15/h1-9,11-13H,10,14H2. The summed E-state index contributed by atoms with van der Waals surface area (Å²) in [4.78, 5) is 10.9. The van der Waals surface area contributed by atoms with E-state index in [2.05, 4.69) is 0 Å². The molecule has 0 amide bonds. The molecule has 0 spiro atoms. The van der Waals surface area contributed by atoms with Crippen LogP contribution in [0.5, 0.6) is 5.75 Å². The fourth-order valence-corrected chi connectivity index (χ4v) is 2.71. The average Bonchev–Trinajstić information content (AvgIpc) is 2.64. The zero-order valence-corrected chi connectivity index (χ0v) is 14.2. The van der Waals surface area contributed by atoms with Gasteiger partial charge in [0.1, 0.15) is 12.9 Å². The molecule has 0 aliphatic rings. The molecule has 0 aromatic heterocycles. The molecular weight excluding hydrogens is 339 g/mol. The van der Waals surface area contributed by atoms with Crippen molar-refractivity contribution < 1.29 is 13.9 Å². The molecule has 0 saturated heterocycles. The van der Waals surface area contributed by atoms with Crippen LogP contribution in [-0.4, -0.2) is 6.29 Å². The Morgan fingerprint density at radius 2 is 1.76 bits per heavy atom. The smallest absolute Gasteiger partial charge is 0.165 e. The summed E-state index contributed by atoms with van der Waals surface area (Å²) in [6.07, 6.45) is 1.21. The van der Waals surface area contributed by atoms with Gasteiger partial charge >= 0.3 is 0 Å². The van der Waals surface area contributed by atoms with E-state index >= 15 is 0 Å². The van der Waals surface area contributed by atoms with Crippen molar-refractivity contribution in [1.29, 1.82) is 0 Å². The summed E-state index contributed by atoms with van der Waals surface area (Å²) in [5.41, 5.74) is 3.06. The van der Waals surface area contributed by atoms with Crippen LogP contribution in [0.1, 0.15) is 27.0 Å². The van der Waals surface area contributed by atoms with Crippen molar-refractivity contribution in [2.24, 2.45) is 0 Å². The Morgan fingerprint density at radius 3 is 2.48 bits per heavy atom. The van der Waals surface area contributed by atoms with Crippen LogP contribution in [0.15, 0.2) is 66.7 Å². The van der Waals surface area contributed by atoms with E-state index in [1.165, 1.54) is 6.07 Å². The van der Waals surface area contributed by atoms with Gasteiger partial charge in [-0.15, -0.1) is 0 Å². The van der Waals surface area contributed by atoms with E-state index in [1.807, 2.05) is 30.3 Å². The molecule has 0 aliphatic carbocycles. The third-order valence-electron chi connectivity index (χ3n) is 3.83. The normalized spacial score (nSPS) is 10.5. The number of aldehydes is 1. The van der Waals surface area contributed by atoms with Crippen LogP contribution >= 0.6 is 11.6 Å². The van der Waals surface area contributed by atoms with Crippen LogP contribution in [0.2, 0.25) is 5.02 Å². The fraction of sp³-hybridized carbons (Fsp3) is 0.0952. The maximum absolute atomic E-state index is 14.3. The van der Waals surface area contributed by atoms with Crippen molar-refractivity contribution in [1.82, 2.24) is 0 Å². The first-order valence-electron chi connectivity index (χ1n) is 7.84. The highest BCUT2D eigenvalue weighted by atomic mass is 35.5. The summed E-state index contributed by atoms with van der Waals surface area (Å²) in [6, 6.07) is 19.5. The molecule has 0 saturated carbocycles. The van der Waals surface area contributed by atoms with Crippen LogP contribution < -0.4 is 4.74 Å². The largest absolute Gasteiger partial charge is 0.486 e. The zero-order chi connectivity index (χ0) is 17.6. The summed E-state index contributed by atoms with van der Waals surface area (Å²) in [6.45, 7) is 0.310. The summed E-state index contributed by atoms with van der Waals surface area (Å²) >= 11 is 6.16. The van der Waals surface area contributed by atoms with Gasteiger partial charge in [0.2, 0.25) is 0 Å². The van der Waals surface area contributed by atoms with Crippen LogP contribution in [0, 0.1) is 5.82 Å². The third kappa shape index (κ3) is 4.46. The molecule has 0 unspecified atom stereocenters. The van der Waals surface area contributed by atoms with Gasteiger partial charge in [0.15, 0.2) is 11.6 Å². The molecule has 126 valence electrons. The van der Waals surface area contributed by atoms with Crippen molar-refractivity contribution >= 4 is 17.9 Å². The lowest BCUT2D eigenvalue weighted by Gasteiger charge is -2.10. The highest BCUT2D eigenvalue weighted by Gasteiger charge is 2.08. The molecule has 3 aromatic carbocycles. The Balaban J connectivity index is 1.72. The molecule has 3 rings (SSSR count). The second-order valence-corrected chi connectivity index (χ2v) is 6.09. The molecule has 2 nitrogen and oxygen atoms in total. The molecule has 0 atom stereocenters. The van der Waals surface area contributed by atoms with Gasteiger partial charge in [-0.3, -0.25) is 4.79 Å². The Morgan fingerprint density at radius 1 is 0.960 bits per heavy atom. The predicted molar refractivity (Wildman–Crippen MR) is 96.8 cm³/mol. The predicted octanol–water partition coefficient (Wildman–Crippen LogP) is 5.46. The van der Waals surface area contributed by atoms with E-state index in [1.54, 1.807) is 30.3 Å². The maximum Gasteiger partial charge on any atom is 0.165 e. The van der Waals surface area contributed by atoms with Crippen LogP contribution in [0.25, 0.3) is 0 Å². The van der Waals surface area contributed by atoms with Crippen molar-refractivity contribution in [3.05, 3.63) is 99.8 Å². The zero-order valence-electron chi connectivity index (χ0n) is 13.4. The molecule has 3 aromatic rings. The second kappa shape index (κ2) is 7.95. The molecular formula is C21H16ClFO2. The van der Waals surface area contributed by atoms with Gasteiger partial charge in [0, 0.05) is 10.6 Å². The lowest BCUT2D eigenvalue weighted by molar-refractivity contribution is 0.112. The van der Waals surface area contributed by atoms with E-state index in [0.29, 0.717) is 23.6 Å². The van der Waals surface area contributed by atoms with Crippen LogP contribution in [-0.2, 0) is 13.0 Å². The molecule has 25 heavy (non-hydrogen) atoms. The minimum absolute atomic E-state index is 0.209. The molecule has 0 N–H and O–H groups in total. The maximum atomic E-state index is 14.3. The Kier molecular flexibility index (Phi) is 5.46. The SMILES string of the molecule is O=Cc1ccc(Cl)c(Cc2ccc(OCc3ccccc3)c(F)c2)c1. The van der Waals surface area contributed by atoms with Crippen molar-refractivity contribution in [2.75, 3.05) is 0 Å². The van der Waals surface area contributed by atoms with E-state index in [4.69, 9.17) is 16.3 Å². The fourth-order valence-electron chi connectivity index (χ4n) is 2.53. The molecule has 0 bridgehead atoms. The number of benzene rings is 3. The molecule has 0 heterocycles. The summed E-state index contributed by atoms with van der Waals surface area (Å²) in [5, 5.41) is 0.551.